The van der Waals surface area contributed by atoms with Crippen LogP contribution in [0.25, 0.3) is 0 Å². The second-order valence-corrected chi connectivity index (χ2v) is 4.64. The van der Waals surface area contributed by atoms with Crippen LogP contribution >= 0.6 is 0 Å². The van der Waals surface area contributed by atoms with E-state index in [1.165, 1.54) is 0 Å². The Hall–Kier alpha value is -1.91. The van der Waals surface area contributed by atoms with Crippen LogP contribution in [-0.2, 0) is 9.53 Å². The van der Waals surface area contributed by atoms with Crippen molar-refractivity contribution in [2.75, 3.05) is 13.2 Å². The molecule has 0 aliphatic rings. The largest absolute Gasteiger partial charge is 0.464 e. The molecule has 1 N–H and O–H groups in total. The summed E-state index contributed by atoms with van der Waals surface area (Å²) in [6.07, 6.45) is 4.36. The highest BCUT2D eigenvalue weighted by Gasteiger charge is 2.06. The van der Waals surface area contributed by atoms with E-state index >= 15 is 0 Å². The average molecular weight is 264 g/mol. The van der Waals surface area contributed by atoms with E-state index in [0.717, 1.165) is 6.42 Å². The molecule has 0 saturated carbocycles. The molecule has 0 bridgehead atoms. The van der Waals surface area contributed by atoms with Gasteiger partial charge in [-0.15, -0.1) is 0 Å². The molecule has 0 atom stereocenters. The number of aromatic nitrogens is 1. The minimum absolute atomic E-state index is 0.194. The summed E-state index contributed by atoms with van der Waals surface area (Å²) in [5.74, 6) is 0.0754. The fourth-order valence-corrected chi connectivity index (χ4v) is 1.41. The van der Waals surface area contributed by atoms with Gasteiger partial charge in [0.15, 0.2) is 0 Å². The summed E-state index contributed by atoms with van der Waals surface area (Å²) in [5, 5.41) is 2.68. The molecular formula is C14H20N2O3. The summed E-state index contributed by atoms with van der Waals surface area (Å²) < 4.78 is 5.01. The van der Waals surface area contributed by atoms with Crippen LogP contribution in [0.15, 0.2) is 24.5 Å². The van der Waals surface area contributed by atoms with Crippen LogP contribution in [0.1, 0.15) is 37.0 Å². The second kappa shape index (κ2) is 8.24. The molecule has 0 saturated heterocycles. The normalized spacial score (nSPS) is 10.3. The third-order valence-corrected chi connectivity index (χ3v) is 2.52. The standard InChI is InChI=1S/C14H20N2O3/c1-11(2)3-4-13(17)19-10-9-16-14(18)12-5-7-15-8-6-12/h5-8,11H,3-4,9-10H2,1-2H3,(H,16,18). The summed E-state index contributed by atoms with van der Waals surface area (Å²) in [6.45, 7) is 4.63. The van der Waals surface area contributed by atoms with Crippen LogP contribution < -0.4 is 5.32 Å². The molecule has 104 valence electrons. The van der Waals surface area contributed by atoms with Gasteiger partial charge in [-0.2, -0.15) is 0 Å². The molecule has 0 aromatic carbocycles. The maximum atomic E-state index is 11.6. The molecule has 0 unspecified atom stereocenters. The van der Waals surface area contributed by atoms with Crippen LogP contribution in [-0.4, -0.2) is 30.0 Å². The molecule has 1 amide bonds. The summed E-state index contributed by atoms with van der Waals surface area (Å²) in [6, 6.07) is 3.26. The Morgan fingerprint density at radius 1 is 1.32 bits per heavy atom. The lowest BCUT2D eigenvalue weighted by atomic mass is 10.1. The predicted molar refractivity (Wildman–Crippen MR) is 71.6 cm³/mol. The minimum Gasteiger partial charge on any atom is -0.464 e. The van der Waals surface area contributed by atoms with Crippen molar-refractivity contribution in [2.45, 2.75) is 26.7 Å². The Balaban J connectivity index is 2.14. The van der Waals surface area contributed by atoms with E-state index in [9.17, 15) is 9.59 Å². The first kappa shape index (κ1) is 15.1. The van der Waals surface area contributed by atoms with Gasteiger partial charge in [0.25, 0.3) is 5.91 Å². The number of pyridine rings is 1. The van der Waals surface area contributed by atoms with E-state index in [4.69, 9.17) is 4.74 Å². The van der Waals surface area contributed by atoms with Crippen molar-refractivity contribution in [1.29, 1.82) is 0 Å². The Morgan fingerprint density at radius 2 is 2.00 bits per heavy atom. The molecule has 5 nitrogen and oxygen atoms in total. The first-order chi connectivity index (χ1) is 9.09. The van der Waals surface area contributed by atoms with Crippen LogP contribution in [0.3, 0.4) is 0 Å². The van der Waals surface area contributed by atoms with E-state index in [2.05, 4.69) is 24.1 Å². The first-order valence-corrected chi connectivity index (χ1v) is 6.43. The molecule has 1 aromatic rings. The first-order valence-electron chi connectivity index (χ1n) is 6.43. The van der Waals surface area contributed by atoms with Gasteiger partial charge in [-0.3, -0.25) is 14.6 Å². The van der Waals surface area contributed by atoms with Gasteiger partial charge < -0.3 is 10.1 Å². The Kier molecular flexibility index (Phi) is 6.57. The number of amides is 1. The highest BCUT2D eigenvalue weighted by molar-refractivity contribution is 5.93. The maximum Gasteiger partial charge on any atom is 0.305 e. The number of ether oxygens (including phenoxy) is 1. The van der Waals surface area contributed by atoms with Crippen LogP contribution in [0.4, 0.5) is 0 Å². The summed E-state index contributed by atoms with van der Waals surface area (Å²) >= 11 is 0. The molecule has 5 heteroatoms. The number of carbonyl (C=O) groups is 2. The molecule has 1 aromatic heterocycles. The maximum absolute atomic E-state index is 11.6. The lowest BCUT2D eigenvalue weighted by molar-refractivity contribution is -0.143. The number of rotatable bonds is 7. The highest BCUT2D eigenvalue weighted by Crippen LogP contribution is 2.04. The van der Waals surface area contributed by atoms with E-state index in [1.807, 2.05) is 0 Å². The van der Waals surface area contributed by atoms with E-state index in [-0.39, 0.29) is 18.5 Å². The number of hydrogen-bond donors (Lipinski definition) is 1. The fraction of sp³-hybridized carbons (Fsp3) is 0.500. The van der Waals surface area contributed by atoms with Crippen molar-refractivity contribution >= 4 is 11.9 Å². The number of carbonyl (C=O) groups excluding carboxylic acids is 2. The Morgan fingerprint density at radius 3 is 2.63 bits per heavy atom. The SMILES string of the molecule is CC(C)CCC(=O)OCCNC(=O)c1ccncc1. The van der Waals surface area contributed by atoms with Crippen molar-refractivity contribution in [3.8, 4) is 0 Å². The molecule has 0 aliphatic carbocycles. The number of hydrogen-bond acceptors (Lipinski definition) is 4. The van der Waals surface area contributed by atoms with Gasteiger partial charge in [-0.05, 0) is 24.5 Å². The van der Waals surface area contributed by atoms with E-state index < -0.39 is 0 Å². The van der Waals surface area contributed by atoms with Crippen LogP contribution in [0.5, 0.6) is 0 Å². The smallest absolute Gasteiger partial charge is 0.305 e. The van der Waals surface area contributed by atoms with Gasteiger partial charge in [-0.25, -0.2) is 0 Å². The highest BCUT2D eigenvalue weighted by atomic mass is 16.5. The fourth-order valence-electron chi connectivity index (χ4n) is 1.41. The molecule has 0 spiro atoms. The quantitative estimate of drug-likeness (QED) is 0.602. The molecule has 0 radical (unpaired) electrons. The lowest BCUT2D eigenvalue weighted by Gasteiger charge is -2.07. The van der Waals surface area contributed by atoms with Gasteiger partial charge in [0.05, 0.1) is 6.54 Å². The van der Waals surface area contributed by atoms with Crippen LogP contribution in [0.2, 0.25) is 0 Å². The zero-order chi connectivity index (χ0) is 14.1. The third-order valence-electron chi connectivity index (χ3n) is 2.52. The number of nitrogens with one attached hydrogen (secondary N) is 1. The summed E-state index contributed by atoms with van der Waals surface area (Å²) in [4.78, 5) is 26.8. The van der Waals surface area contributed by atoms with Crippen molar-refractivity contribution in [1.82, 2.24) is 10.3 Å². The number of esters is 1. The molecular weight excluding hydrogens is 244 g/mol. The topological polar surface area (TPSA) is 68.3 Å². The zero-order valence-electron chi connectivity index (χ0n) is 11.4. The van der Waals surface area contributed by atoms with Gasteiger partial charge in [0.2, 0.25) is 0 Å². The summed E-state index contributed by atoms with van der Waals surface area (Å²) in [7, 11) is 0. The van der Waals surface area contributed by atoms with Crippen molar-refractivity contribution < 1.29 is 14.3 Å². The van der Waals surface area contributed by atoms with Crippen molar-refractivity contribution in [3.63, 3.8) is 0 Å². The van der Waals surface area contributed by atoms with Gasteiger partial charge in [0.1, 0.15) is 6.61 Å². The Labute approximate surface area is 113 Å². The van der Waals surface area contributed by atoms with Crippen LogP contribution in [0, 0.1) is 5.92 Å². The molecule has 1 heterocycles. The molecule has 0 fully saturated rings. The third kappa shape index (κ3) is 6.55. The van der Waals surface area contributed by atoms with Gasteiger partial charge >= 0.3 is 5.97 Å². The monoisotopic (exact) mass is 264 g/mol. The molecule has 19 heavy (non-hydrogen) atoms. The average Bonchev–Trinajstić information content (AvgIpc) is 2.42. The van der Waals surface area contributed by atoms with Gasteiger partial charge in [-0.1, -0.05) is 13.8 Å². The molecule has 1 rings (SSSR count). The van der Waals surface area contributed by atoms with E-state index in [1.54, 1.807) is 24.5 Å². The number of nitrogens with zero attached hydrogens (tertiary/aromatic N) is 1. The second-order valence-electron chi connectivity index (χ2n) is 4.64. The minimum atomic E-state index is -0.216. The van der Waals surface area contributed by atoms with E-state index in [0.29, 0.717) is 24.4 Å². The molecule has 0 aliphatic heterocycles. The van der Waals surface area contributed by atoms with Gasteiger partial charge in [0, 0.05) is 24.4 Å². The van der Waals surface area contributed by atoms with Crippen molar-refractivity contribution in [3.05, 3.63) is 30.1 Å². The predicted octanol–water partition coefficient (Wildman–Crippen LogP) is 1.79. The lowest BCUT2D eigenvalue weighted by Crippen LogP contribution is -2.28. The zero-order valence-corrected chi connectivity index (χ0v) is 11.4. The van der Waals surface area contributed by atoms with Crippen molar-refractivity contribution in [2.24, 2.45) is 5.92 Å². The Bertz CT molecular complexity index is 404. The summed E-state index contributed by atoms with van der Waals surface area (Å²) in [5.41, 5.74) is 0.543.